The Hall–Kier alpha value is 0.170. The highest BCUT2D eigenvalue weighted by atomic mass is 35.5. The van der Waals surface area contributed by atoms with E-state index in [4.69, 9.17) is 0 Å². The van der Waals surface area contributed by atoms with Crippen molar-refractivity contribution in [1.82, 2.24) is 15.1 Å². The van der Waals surface area contributed by atoms with E-state index in [0.29, 0.717) is 5.41 Å². The summed E-state index contributed by atoms with van der Waals surface area (Å²) in [5, 5.41) is 3.48. The maximum absolute atomic E-state index is 3.48. The van der Waals surface area contributed by atoms with Gasteiger partial charge in [-0.15, -0.1) is 12.4 Å². The van der Waals surface area contributed by atoms with Crippen molar-refractivity contribution >= 4 is 12.4 Å². The Labute approximate surface area is 112 Å². The van der Waals surface area contributed by atoms with Gasteiger partial charge in [-0.2, -0.15) is 0 Å². The van der Waals surface area contributed by atoms with E-state index < -0.39 is 0 Å². The highest BCUT2D eigenvalue weighted by Crippen LogP contribution is 2.26. The van der Waals surface area contributed by atoms with Crippen molar-refractivity contribution in [2.24, 2.45) is 5.41 Å². The standard InChI is InChI=1S/C13H27N3.ClH/c1-13(6-7-14-10-13)11-15(2)9-12-5-4-8-16(12)3;/h12,14H,4-11H2,1-3H3;1H. The van der Waals surface area contributed by atoms with Gasteiger partial charge in [-0.1, -0.05) is 6.92 Å². The predicted molar refractivity (Wildman–Crippen MR) is 76.0 cm³/mol. The number of halogens is 1. The fraction of sp³-hybridized carbons (Fsp3) is 1.00. The van der Waals surface area contributed by atoms with Gasteiger partial charge >= 0.3 is 0 Å². The first-order valence-electron chi connectivity index (χ1n) is 6.69. The molecule has 0 saturated carbocycles. The number of nitrogens with zero attached hydrogens (tertiary/aromatic N) is 2. The molecule has 2 aliphatic heterocycles. The van der Waals surface area contributed by atoms with Crippen LogP contribution in [-0.2, 0) is 0 Å². The minimum Gasteiger partial charge on any atom is -0.316 e. The normalized spacial score (nSPS) is 34.2. The summed E-state index contributed by atoms with van der Waals surface area (Å²) < 4.78 is 0. The molecule has 0 amide bonds. The molecular formula is C13H28ClN3. The lowest BCUT2D eigenvalue weighted by Gasteiger charge is -2.32. The molecule has 2 atom stereocenters. The third-order valence-electron chi connectivity index (χ3n) is 4.30. The third kappa shape index (κ3) is 4.09. The van der Waals surface area contributed by atoms with Crippen LogP contribution in [-0.4, -0.2) is 62.7 Å². The summed E-state index contributed by atoms with van der Waals surface area (Å²) >= 11 is 0. The van der Waals surface area contributed by atoms with E-state index in [1.165, 1.54) is 52.0 Å². The Morgan fingerprint density at radius 2 is 2.24 bits per heavy atom. The van der Waals surface area contributed by atoms with Crippen LogP contribution in [0.1, 0.15) is 26.2 Å². The quantitative estimate of drug-likeness (QED) is 0.826. The summed E-state index contributed by atoms with van der Waals surface area (Å²) in [6.07, 6.45) is 4.10. The third-order valence-corrected chi connectivity index (χ3v) is 4.30. The van der Waals surface area contributed by atoms with Crippen LogP contribution < -0.4 is 5.32 Å². The minimum atomic E-state index is 0. The Morgan fingerprint density at radius 3 is 2.76 bits per heavy atom. The number of likely N-dealkylation sites (tertiary alicyclic amines) is 1. The zero-order valence-corrected chi connectivity index (χ0v) is 12.4. The molecule has 0 aromatic rings. The molecule has 0 spiro atoms. The molecule has 0 radical (unpaired) electrons. The van der Waals surface area contributed by atoms with Crippen LogP contribution in [0.25, 0.3) is 0 Å². The number of hydrogen-bond acceptors (Lipinski definition) is 3. The summed E-state index contributed by atoms with van der Waals surface area (Å²) in [6.45, 7) is 8.58. The first-order valence-corrected chi connectivity index (χ1v) is 6.69. The molecule has 4 heteroatoms. The molecule has 0 bridgehead atoms. The van der Waals surface area contributed by atoms with Gasteiger partial charge in [-0.3, -0.25) is 0 Å². The minimum absolute atomic E-state index is 0. The van der Waals surface area contributed by atoms with Crippen LogP contribution in [0.5, 0.6) is 0 Å². The van der Waals surface area contributed by atoms with Gasteiger partial charge in [0, 0.05) is 25.7 Å². The van der Waals surface area contributed by atoms with Gasteiger partial charge in [0.05, 0.1) is 0 Å². The lowest BCUT2D eigenvalue weighted by Crippen LogP contribution is -2.42. The topological polar surface area (TPSA) is 18.5 Å². The van der Waals surface area contributed by atoms with Crippen molar-refractivity contribution in [2.45, 2.75) is 32.2 Å². The van der Waals surface area contributed by atoms with Crippen molar-refractivity contribution in [3.8, 4) is 0 Å². The molecular weight excluding hydrogens is 234 g/mol. The molecule has 2 heterocycles. The molecule has 2 saturated heterocycles. The van der Waals surface area contributed by atoms with Gasteiger partial charge < -0.3 is 15.1 Å². The average Bonchev–Trinajstić information content (AvgIpc) is 2.77. The second kappa shape index (κ2) is 6.37. The molecule has 102 valence electrons. The van der Waals surface area contributed by atoms with Crippen LogP contribution in [0.15, 0.2) is 0 Å². The van der Waals surface area contributed by atoms with Gasteiger partial charge in [0.25, 0.3) is 0 Å². The van der Waals surface area contributed by atoms with Gasteiger partial charge in [-0.05, 0) is 51.9 Å². The van der Waals surface area contributed by atoms with Crippen LogP contribution in [0.2, 0.25) is 0 Å². The summed E-state index contributed by atoms with van der Waals surface area (Å²) in [5.41, 5.74) is 0.506. The molecule has 0 aromatic carbocycles. The van der Waals surface area contributed by atoms with Crippen LogP contribution in [0.4, 0.5) is 0 Å². The number of rotatable bonds is 4. The van der Waals surface area contributed by atoms with Gasteiger partial charge in [0.2, 0.25) is 0 Å². The Kier molecular flexibility index (Phi) is 5.71. The van der Waals surface area contributed by atoms with E-state index in [-0.39, 0.29) is 12.4 Å². The molecule has 17 heavy (non-hydrogen) atoms. The van der Waals surface area contributed by atoms with E-state index in [9.17, 15) is 0 Å². The Bertz CT molecular complexity index is 229. The van der Waals surface area contributed by atoms with Crippen molar-refractivity contribution in [3.63, 3.8) is 0 Å². The number of likely N-dealkylation sites (N-methyl/N-ethyl adjacent to an activating group) is 2. The molecule has 3 nitrogen and oxygen atoms in total. The highest BCUT2D eigenvalue weighted by Gasteiger charge is 2.31. The maximum Gasteiger partial charge on any atom is 0.0220 e. The van der Waals surface area contributed by atoms with Gasteiger partial charge in [0.15, 0.2) is 0 Å². The average molecular weight is 262 g/mol. The van der Waals surface area contributed by atoms with Crippen molar-refractivity contribution in [1.29, 1.82) is 0 Å². The second-order valence-electron chi connectivity index (χ2n) is 6.21. The molecule has 0 aliphatic carbocycles. The smallest absolute Gasteiger partial charge is 0.0220 e. The first kappa shape index (κ1) is 15.2. The van der Waals surface area contributed by atoms with E-state index in [0.717, 1.165) is 6.04 Å². The number of nitrogens with one attached hydrogen (secondary N) is 1. The lowest BCUT2D eigenvalue weighted by molar-refractivity contribution is 0.166. The molecule has 2 unspecified atom stereocenters. The van der Waals surface area contributed by atoms with Gasteiger partial charge in [-0.25, -0.2) is 0 Å². The summed E-state index contributed by atoms with van der Waals surface area (Å²) in [6, 6.07) is 0.794. The van der Waals surface area contributed by atoms with E-state index in [1.54, 1.807) is 0 Å². The molecule has 2 rings (SSSR count). The van der Waals surface area contributed by atoms with Crippen molar-refractivity contribution < 1.29 is 0 Å². The second-order valence-corrected chi connectivity index (χ2v) is 6.21. The molecule has 2 aliphatic rings. The molecule has 2 fully saturated rings. The van der Waals surface area contributed by atoms with Crippen LogP contribution >= 0.6 is 12.4 Å². The maximum atomic E-state index is 3.48. The van der Waals surface area contributed by atoms with Crippen molar-refractivity contribution in [2.75, 3.05) is 46.8 Å². The van der Waals surface area contributed by atoms with E-state index in [2.05, 4.69) is 36.1 Å². The molecule has 1 N–H and O–H groups in total. The Balaban J connectivity index is 0.00000144. The molecule has 0 aromatic heterocycles. The van der Waals surface area contributed by atoms with Crippen LogP contribution in [0, 0.1) is 5.41 Å². The van der Waals surface area contributed by atoms with Gasteiger partial charge in [0.1, 0.15) is 0 Å². The fourth-order valence-corrected chi connectivity index (χ4v) is 3.29. The largest absolute Gasteiger partial charge is 0.316 e. The SMILES string of the molecule is CN(CC1CCCN1C)CC1(C)CCNC1.Cl. The first-order chi connectivity index (χ1) is 7.59. The lowest BCUT2D eigenvalue weighted by atomic mass is 9.89. The van der Waals surface area contributed by atoms with Crippen molar-refractivity contribution in [3.05, 3.63) is 0 Å². The monoisotopic (exact) mass is 261 g/mol. The van der Waals surface area contributed by atoms with E-state index in [1.807, 2.05) is 0 Å². The number of hydrogen-bond donors (Lipinski definition) is 1. The van der Waals surface area contributed by atoms with Crippen LogP contribution in [0.3, 0.4) is 0 Å². The summed E-state index contributed by atoms with van der Waals surface area (Å²) in [5.74, 6) is 0. The predicted octanol–water partition coefficient (Wildman–Crippen LogP) is 1.43. The Morgan fingerprint density at radius 1 is 1.47 bits per heavy atom. The summed E-state index contributed by atoms with van der Waals surface area (Å²) in [4.78, 5) is 5.06. The highest BCUT2D eigenvalue weighted by molar-refractivity contribution is 5.85. The zero-order chi connectivity index (χ0) is 11.6. The fourth-order valence-electron chi connectivity index (χ4n) is 3.29. The zero-order valence-electron chi connectivity index (χ0n) is 11.5. The summed E-state index contributed by atoms with van der Waals surface area (Å²) in [7, 11) is 4.56. The van der Waals surface area contributed by atoms with E-state index >= 15 is 0 Å².